The molecule has 11 heteroatoms. The van der Waals surface area contributed by atoms with E-state index in [1.54, 1.807) is 13.8 Å². The van der Waals surface area contributed by atoms with Crippen LogP contribution in [0.4, 0.5) is 10.1 Å². The molecule has 10 nitrogen and oxygen atoms in total. The van der Waals surface area contributed by atoms with Gasteiger partial charge in [-0.05, 0) is 13.8 Å². The molecular weight excluding hydrogens is 309 g/mol. The number of halogens is 1. The van der Waals surface area contributed by atoms with Crippen molar-refractivity contribution in [3.05, 3.63) is 39.7 Å². The normalized spacial score (nSPS) is 11.1. The van der Waals surface area contributed by atoms with Crippen molar-refractivity contribution in [1.29, 1.82) is 0 Å². The molecule has 0 aliphatic heterocycles. The smallest absolute Gasteiger partial charge is 0.265 e. The molecule has 23 heavy (non-hydrogen) atoms. The van der Waals surface area contributed by atoms with Crippen LogP contribution in [0.25, 0.3) is 0 Å². The quantitative estimate of drug-likeness (QED) is 0.481. The molecular formula is C12H14FN7O3. The highest BCUT2D eigenvalue weighted by Gasteiger charge is 2.25. The average molecular weight is 323 g/mol. The first-order valence-corrected chi connectivity index (χ1v) is 6.74. The van der Waals surface area contributed by atoms with E-state index in [4.69, 9.17) is 0 Å². The number of nitrogens with one attached hydrogen (secondary N) is 1. The molecule has 2 aromatic heterocycles. The second-order valence-electron chi connectivity index (χ2n) is 4.38. The van der Waals surface area contributed by atoms with Gasteiger partial charge in [0.25, 0.3) is 5.91 Å². The first-order chi connectivity index (χ1) is 11.0. The van der Waals surface area contributed by atoms with E-state index in [2.05, 4.69) is 20.7 Å². The minimum Gasteiger partial charge on any atom is -0.265 e. The lowest BCUT2D eigenvalue weighted by Gasteiger charge is -1.96. The number of hydrazone groups is 1. The van der Waals surface area contributed by atoms with Crippen LogP contribution < -0.4 is 5.43 Å². The Bertz CT molecular complexity index is 765. The molecule has 0 aliphatic carbocycles. The van der Waals surface area contributed by atoms with E-state index in [9.17, 15) is 19.3 Å². The predicted octanol–water partition coefficient (Wildman–Crippen LogP) is 0.931. The molecule has 0 saturated carbocycles. The van der Waals surface area contributed by atoms with Gasteiger partial charge in [0.1, 0.15) is 6.20 Å². The molecule has 0 aromatic carbocycles. The van der Waals surface area contributed by atoms with Crippen molar-refractivity contribution < 1.29 is 14.1 Å². The summed E-state index contributed by atoms with van der Waals surface area (Å²) in [4.78, 5) is 22.1. The molecule has 1 amide bonds. The number of aromatic nitrogens is 4. The maximum absolute atomic E-state index is 13.7. The second-order valence-corrected chi connectivity index (χ2v) is 4.38. The highest BCUT2D eigenvalue weighted by molar-refractivity contribution is 5.96. The topological polar surface area (TPSA) is 120 Å². The van der Waals surface area contributed by atoms with Crippen LogP contribution in [0.2, 0.25) is 0 Å². The molecule has 0 radical (unpaired) electrons. The van der Waals surface area contributed by atoms with Gasteiger partial charge >= 0.3 is 5.69 Å². The van der Waals surface area contributed by atoms with Crippen LogP contribution in [0.1, 0.15) is 29.9 Å². The Labute approximate surface area is 129 Å². The Balaban J connectivity index is 2.13. The number of nitrogens with zero attached hydrogens (tertiary/aromatic N) is 6. The molecule has 0 fully saturated rings. The average Bonchev–Trinajstić information content (AvgIpc) is 3.11. The maximum Gasteiger partial charge on any atom is 0.320 e. The first-order valence-electron chi connectivity index (χ1n) is 6.74. The van der Waals surface area contributed by atoms with Crippen LogP contribution in [-0.2, 0) is 13.1 Å². The number of carbonyl (C=O) groups is 1. The van der Waals surface area contributed by atoms with Crippen LogP contribution in [0.15, 0.2) is 17.5 Å². The summed E-state index contributed by atoms with van der Waals surface area (Å²) in [6, 6.07) is 0. The van der Waals surface area contributed by atoms with Crippen molar-refractivity contribution in [1.82, 2.24) is 25.0 Å². The van der Waals surface area contributed by atoms with Gasteiger partial charge in [-0.2, -0.15) is 19.7 Å². The summed E-state index contributed by atoms with van der Waals surface area (Å²) in [5.74, 6) is -1.45. The highest BCUT2D eigenvalue weighted by Crippen LogP contribution is 2.16. The number of rotatable bonds is 6. The van der Waals surface area contributed by atoms with E-state index in [0.717, 1.165) is 17.1 Å². The fraction of sp³-hybridized carbons (Fsp3) is 0.333. The third-order valence-corrected chi connectivity index (χ3v) is 2.95. The Kier molecular flexibility index (Phi) is 4.79. The van der Waals surface area contributed by atoms with Crippen molar-refractivity contribution in [2.45, 2.75) is 26.9 Å². The lowest BCUT2D eigenvalue weighted by Crippen LogP contribution is -2.19. The summed E-state index contributed by atoms with van der Waals surface area (Å²) in [5, 5.41) is 22.1. The van der Waals surface area contributed by atoms with Crippen LogP contribution in [0.5, 0.6) is 0 Å². The number of amides is 1. The molecule has 0 spiro atoms. The first kappa shape index (κ1) is 16.3. The Hall–Kier alpha value is -3.11. The van der Waals surface area contributed by atoms with E-state index in [-0.39, 0.29) is 11.3 Å². The van der Waals surface area contributed by atoms with Crippen LogP contribution in [0, 0.1) is 16.1 Å². The van der Waals surface area contributed by atoms with E-state index in [1.165, 1.54) is 10.9 Å². The minimum absolute atomic E-state index is 0.0840. The zero-order valence-corrected chi connectivity index (χ0v) is 12.4. The van der Waals surface area contributed by atoms with Crippen molar-refractivity contribution >= 4 is 17.8 Å². The molecule has 122 valence electrons. The van der Waals surface area contributed by atoms with Crippen molar-refractivity contribution in [2.75, 3.05) is 0 Å². The van der Waals surface area contributed by atoms with Gasteiger partial charge in [-0.15, -0.1) is 0 Å². The SMILES string of the molecule is CCn1cc([N+](=O)[O-])c(C(=O)N/N=C\c2cnn(CC)c2F)n1. The van der Waals surface area contributed by atoms with E-state index in [1.807, 2.05) is 0 Å². The standard InChI is InChI=1S/C12H14FN7O3/c1-3-18-7-9(20(22)23)10(17-18)12(21)16-14-5-8-6-15-19(4-2)11(8)13/h5-7H,3-4H2,1-2H3,(H,16,21)/b14-5-. The maximum atomic E-state index is 13.7. The summed E-state index contributed by atoms with van der Waals surface area (Å²) in [6.45, 7) is 4.18. The molecule has 2 aromatic rings. The van der Waals surface area contributed by atoms with Gasteiger partial charge in [-0.3, -0.25) is 19.6 Å². The monoisotopic (exact) mass is 323 g/mol. The summed E-state index contributed by atoms with van der Waals surface area (Å²) in [5.41, 5.74) is 1.38. The number of hydrogen-bond acceptors (Lipinski definition) is 6. The number of hydrogen-bond donors (Lipinski definition) is 1. The molecule has 0 unspecified atom stereocenters. The van der Waals surface area contributed by atoms with E-state index in [0.29, 0.717) is 13.1 Å². The molecule has 0 bridgehead atoms. The second kappa shape index (κ2) is 6.77. The molecule has 0 atom stereocenters. The van der Waals surface area contributed by atoms with Gasteiger partial charge < -0.3 is 0 Å². The third kappa shape index (κ3) is 3.39. The lowest BCUT2D eigenvalue weighted by molar-refractivity contribution is -0.385. The number of carbonyl (C=O) groups excluding carboxylic acids is 1. The Morgan fingerprint density at radius 3 is 2.83 bits per heavy atom. The molecule has 0 aliphatic rings. The van der Waals surface area contributed by atoms with Crippen molar-refractivity contribution in [2.24, 2.45) is 5.10 Å². The Morgan fingerprint density at radius 2 is 2.26 bits per heavy atom. The van der Waals surface area contributed by atoms with Gasteiger partial charge in [-0.25, -0.2) is 10.1 Å². The van der Waals surface area contributed by atoms with Gasteiger partial charge in [0.15, 0.2) is 0 Å². The van der Waals surface area contributed by atoms with Gasteiger partial charge in [0.2, 0.25) is 11.6 Å². The lowest BCUT2D eigenvalue weighted by atomic mass is 10.3. The number of nitro groups is 1. The molecule has 1 N–H and O–H groups in total. The zero-order chi connectivity index (χ0) is 17.0. The fourth-order valence-electron chi connectivity index (χ4n) is 1.77. The van der Waals surface area contributed by atoms with Crippen LogP contribution in [0.3, 0.4) is 0 Å². The Morgan fingerprint density at radius 1 is 1.52 bits per heavy atom. The van der Waals surface area contributed by atoms with Crippen LogP contribution in [-0.4, -0.2) is 36.6 Å². The zero-order valence-electron chi connectivity index (χ0n) is 12.4. The van der Waals surface area contributed by atoms with E-state index >= 15 is 0 Å². The largest absolute Gasteiger partial charge is 0.320 e. The van der Waals surface area contributed by atoms with E-state index < -0.39 is 22.5 Å². The summed E-state index contributed by atoms with van der Waals surface area (Å²) in [6.07, 6.45) is 3.47. The summed E-state index contributed by atoms with van der Waals surface area (Å²) < 4.78 is 16.1. The minimum atomic E-state index is -0.858. The predicted molar refractivity (Wildman–Crippen MR) is 77.5 cm³/mol. The van der Waals surface area contributed by atoms with Crippen molar-refractivity contribution in [3.63, 3.8) is 0 Å². The van der Waals surface area contributed by atoms with Gasteiger partial charge in [0, 0.05) is 13.1 Å². The number of aryl methyl sites for hydroxylation is 2. The fourth-order valence-corrected chi connectivity index (χ4v) is 1.77. The highest BCUT2D eigenvalue weighted by atomic mass is 19.1. The molecule has 0 saturated heterocycles. The summed E-state index contributed by atoms with van der Waals surface area (Å²) >= 11 is 0. The molecule has 2 heterocycles. The van der Waals surface area contributed by atoms with Crippen LogP contribution >= 0.6 is 0 Å². The van der Waals surface area contributed by atoms with Crippen molar-refractivity contribution in [3.8, 4) is 0 Å². The summed E-state index contributed by atoms with van der Waals surface area (Å²) in [7, 11) is 0. The van der Waals surface area contributed by atoms with Gasteiger partial charge in [0.05, 0.1) is 22.9 Å². The third-order valence-electron chi connectivity index (χ3n) is 2.95. The molecule has 2 rings (SSSR count). The van der Waals surface area contributed by atoms with Gasteiger partial charge in [-0.1, -0.05) is 0 Å².